The molecule has 0 radical (unpaired) electrons. The summed E-state index contributed by atoms with van der Waals surface area (Å²) in [6.07, 6.45) is 0.451. The van der Waals surface area contributed by atoms with Gasteiger partial charge in [-0.15, -0.1) is 0 Å². The molecule has 2 N–H and O–H groups in total. The highest BCUT2D eigenvalue weighted by Gasteiger charge is 2.19. The number of aromatic nitrogens is 2. The van der Waals surface area contributed by atoms with Gasteiger partial charge in [0.25, 0.3) is 5.56 Å². The number of halogens is 1. The molecule has 0 aliphatic rings. The summed E-state index contributed by atoms with van der Waals surface area (Å²) >= 11 is 3.01. The van der Waals surface area contributed by atoms with E-state index in [1.807, 2.05) is 0 Å². The standard InChI is InChI=1S/C14H20BrN3O6/c1-8(5-16-12(22)24-14(2,3)4)18-11(21)9(15)6-17(13(18)23)7-10(19)20/h6,8H,5,7H2,1-4H3,(H,16,22)(H,19,20)/t8-/m0/s1. The molecular weight excluding hydrogens is 386 g/mol. The Hall–Kier alpha value is -2.10. The van der Waals surface area contributed by atoms with E-state index < -0.39 is 41.5 Å². The first-order chi connectivity index (χ1) is 10.9. The van der Waals surface area contributed by atoms with Gasteiger partial charge < -0.3 is 15.2 Å². The summed E-state index contributed by atoms with van der Waals surface area (Å²) in [6, 6.07) is -0.699. The van der Waals surface area contributed by atoms with Crippen molar-refractivity contribution in [3.05, 3.63) is 31.5 Å². The quantitative estimate of drug-likeness (QED) is 0.751. The molecule has 0 unspecified atom stereocenters. The van der Waals surface area contributed by atoms with Crippen molar-refractivity contribution >= 4 is 28.0 Å². The SMILES string of the molecule is C[C@@H](CNC(=O)OC(C)(C)C)n1c(=O)c(Br)cn(CC(=O)O)c1=O. The van der Waals surface area contributed by atoms with Gasteiger partial charge in [0, 0.05) is 12.7 Å². The van der Waals surface area contributed by atoms with Crippen molar-refractivity contribution in [3.63, 3.8) is 0 Å². The number of nitrogens with zero attached hydrogens (tertiary/aromatic N) is 2. The van der Waals surface area contributed by atoms with Crippen LogP contribution in [0.15, 0.2) is 20.3 Å². The summed E-state index contributed by atoms with van der Waals surface area (Å²) < 4.78 is 6.91. The molecule has 0 aliphatic heterocycles. The van der Waals surface area contributed by atoms with Crippen molar-refractivity contribution in [3.8, 4) is 0 Å². The largest absolute Gasteiger partial charge is 0.480 e. The molecule has 0 saturated heterocycles. The lowest BCUT2D eigenvalue weighted by molar-refractivity contribution is -0.137. The zero-order valence-corrected chi connectivity index (χ0v) is 15.4. The topological polar surface area (TPSA) is 120 Å². The van der Waals surface area contributed by atoms with Crippen molar-refractivity contribution < 1.29 is 19.4 Å². The summed E-state index contributed by atoms with van der Waals surface area (Å²) in [5, 5.41) is 11.3. The van der Waals surface area contributed by atoms with Crippen molar-refractivity contribution in [2.45, 2.75) is 45.9 Å². The van der Waals surface area contributed by atoms with Crippen LogP contribution in [0.1, 0.15) is 33.7 Å². The van der Waals surface area contributed by atoms with Crippen LogP contribution in [0.3, 0.4) is 0 Å². The smallest absolute Gasteiger partial charge is 0.407 e. The second-order valence-electron chi connectivity index (χ2n) is 6.19. The third-order valence-corrected chi connectivity index (χ3v) is 3.38. The van der Waals surface area contributed by atoms with E-state index in [0.29, 0.717) is 0 Å². The van der Waals surface area contributed by atoms with Gasteiger partial charge in [-0.2, -0.15) is 0 Å². The molecule has 0 fully saturated rings. The molecule has 10 heteroatoms. The summed E-state index contributed by atoms with van der Waals surface area (Å²) in [4.78, 5) is 46.9. The van der Waals surface area contributed by atoms with Crippen LogP contribution in [0.4, 0.5) is 4.79 Å². The highest BCUT2D eigenvalue weighted by Crippen LogP contribution is 2.07. The van der Waals surface area contributed by atoms with Crippen molar-refractivity contribution in [1.29, 1.82) is 0 Å². The summed E-state index contributed by atoms with van der Waals surface area (Å²) in [5.41, 5.74) is -2.06. The summed E-state index contributed by atoms with van der Waals surface area (Å²) in [5.74, 6) is -1.21. The molecule has 1 amide bonds. The van der Waals surface area contributed by atoms with Crippen LogP contribution < -0.4 is 16.6 Å². The fraction of sp³-hybridized carbons (Fsp3) is 0.571. The number of nitrogens with one attached hydrogen (secondary N) is 1. The Balaban J connectivity index is 3.02. The predicted octanol–water partition coefficient (Wildman–Crippen LogP) is 0.943. The maximum Gasteiger partial charge on any atom is 0.407 e. The minimum atomic E-state index is -1.21. The van der Waals surface area contributed by atoms with Gasteiger partial charge in [0.2, 0.25) is 0 Å². The van der Waals surface area contributed by atoms with E-state index in [4.69, 9.17) is 9.84 Å². The number of carboxylic acids is 1. The van der Waals surface area contributed by atoms with Gasteiger partial charge in [0.1, 0.15) is 12.1 Å². The predicted molar refractivity (Wildman–Crippen MR) is 89.2 cm³/mol. The number of hydrogen-bond acceptors (Lipinski definition) is 5. The second-order valence-corrected chi connectivity index (χ2v) is 7.04. The molecule has 1 heterocycles. The number of carboxylic acid groups (broad SMARTS) is 1. The van der Waals surface area contributed by atoms with Gasteiger partial charge in [0.05, 0.1) is 10.5 Å². The van der Waals surface area contributed by atoms with E-state index in [2.05, 4.69) is 21.2 Å². The number of carbonyl (C=O) groups is 2. The van der Waals surface area contributed by atoms with Gasteiger partial charge in [-0.05, 0) is 43.6 Å². The van der Waals surface area contributed by atoms with Crippen LogP contribution >= 0.6 is 15.9 Å². The molecule has 9 nitrogen and oxygen atoms in total. The second kappa shape index (κ2) is 7.65. The molecule has 0 aromatic carbocycles. The number of ether oxygens (including phenoxy) is 1. The Labute approximate surface area is 146 Å². The Morgan fingerprint density at radius 1 is 1.38 bits per heavy atom. The first-order valence-electron chi connectivity index (χ1n) is 7.12. The number of alkyl carbamates (subject to hydrolysis) is 1. The van der Waals surface area contributed by atoms with E-state index in [1.54, 1.807) is 27.7 Å². The van der Waals surface area contributed by atoms with Gasteiger partial charge >= 0.3 is 17.8 Å². The molecule has 1 atom stereocenters. The first kappa shape index (κ1) is 19.9. The lowest BCUT2D eigenvalue weighted by Crippen LogP contribution is -2.45. The van der Waals surface area contributed by atoms with Gasteiger partial charge in [-0.3, -0.25) is 18.7 Å². The van der Waals surface area contributed by atoms with Crippen molar-refractivity contribution in [2.24, 2.45) is 0 Å². The normalized spacial score (nSPS) is 12.5. The minimum absolute atomic E-state index is 0.0341. The van der Waals surface area contributed by atoms with Crippen LogP contribution in [0, 0.1) is 0 Å². The van der Waals surface area contributed by atoms with Crippen LogP contribution in [-0.2, 0) is 16.1 Å². The molecule has 0 aliphatic carbocycles. The zero-order valence-electron chi connectivity index (χ0n) is 13.8. The Kier molecular flexibility index (Phi) is 6.35. The molecule has 0 bridgehead atoms. The number of amides is 1. The molecule has 1 aromatic rings. The summed E-state index contributed by atoms with van der Waals surface area (Å²) in [7, 11) is 0. The lowest BCUT2D eigenvalue weighted by Gasteiger charge is -2.21. The lowest BCUT2D eigenvalue weighted by atomic mass is 10.2. The van der Waals surface area contributed by atoms with Crippen LogP contribution in [-0.4, -0.2) is 38.4 Å². The maximum absolute atomic E-state index is 12.3. The van der Waals surface area contributed by atoms with Crippen LogP contribution in [0.25, 0.3) is 0 Å². The number of hydrogen-bond donors (Lipinski definition) is 2. The van der Waals surface area contributed by atoms with Gasteiger partial charge in [-0.25, -0.2) is 9.59 Å². The maximum atomic E-state index is 12.3. The van der Waals surface area contributed by atoms with Crippen LogP contribution in [0.5, 0.6) is 0 Å². The number of rotatable bonds is 5. The third-order valence-electron chi connectivity index (χ3n) is 2.83. The van der Waals surface area contributed by atoms with E-state index in [0.717, 1.165) is 15.3 Å². The zero-order chi connectivity index (χ0) is 18.7. The minimum Gasteiger partial charge on any atom is -0.480 e. The average Bonchev–Trinajstić information content (AvgIpc) is 2.40. The summed E-state index contributed by atoms with van der Waals surface area (Å²) in [6.45, 7) is 6.06. The molecule has 0 spiro atoms. The average molecular weight is 406 g/mol. The third kappa shape index (κ3) is 5.52. The number of aliphatic carboxylic acids is 1. The van der Waals surface area contributed by atoms with E-state index in [1.165, 1.54) is 0 Å². The highest BCUT2D eigenvalue weighted by molar-refractivity contribution is 9.10. The van der Waals surface area contributed by atoms with E-state index >= 15 is 0 Å². The fourth-order valence-corrected chi connectivity index (χ4v) is 2.31. The van der Waals surface area contributed by atoms with E-state index in [-0.39, 0.29) is 11.0 Å². The highest BCUT2D eigenvalue weighted by atomic mass is 79.9. The Morgan fingerprint density at radius 2 is 1.96 bits per heavy atom. The van der Waals surface area contributed by atoms with Gasteiger partial charge in [-0.1, -0.05) is 0 Å². The van der Waals surface area contributed by atoms with Crippen molar-refractivity contribution in [2.75, 3.05) is 6.54 Å². The molecular formula is C14H20BrN3O6. The Bertz CT molecular complexity index is 746. The molecule has 1 rings (SSSR count). The number of carbonyl (C=O) groups excluding carboxylic acids is 1. The monoisotopic (exact) mass is 405 g/mol. The molecule has 24 heavy (non-hydrogen) atoms. The van der Waals surface area contributed by atoms with Gasteiger partial charge in [0.15, 0.2) is 0 Å². The van der Waals surface area contributed by atoms with Crippen LogP contribution in [0.2, 0.25) is 0 Å². The molecule has 1 aromatic heterocycles. The van der Waals surface area contributed by atoms with E-state index in [9.17, 15) is 19.2 Å². The first-order valence-corrected chi connectivity index (χ1v) is 7.92. The Morgan fingerprint density at radius 3 is 2.46 bits per heavy atom. The fourth-order valence-electron chi connectivity index (χ4n) is 1.87. The van der Waals surface area contributed by atoms with Crippen molar-refractivity contribution in [1.82, 2.24) is 14.5 Å². The molecule has 0 saturated carbocycles. The molecule has 134 valence electrons.